The average Bonchev–Trinajstić information content (AvgIpc) is 2.42. The molecule has 0 amide bonds. The van der Waals surface area contributed by atoms with Gasteiger partial charge in [0.2, 0.25) is 0 Å². The molecular formula is C15H20Cl2N2. The number of hydrogen-bond donors (Lipinski definition) is 0. The Balaban J connectivity index is 1.64. The summed E-state index contributed by atoms with van der Waals surface area (Å²) in [4.78, 5) is 6.67. The van der Waals surface area contributed by atoms with Crippen molar-refractivity contribution in [3.8, 4) is 0 Å². The van der Waals surface area contributed by atoms with Gasteiger partial charge < -0.3 is 0 Å². The van der Waals surface area contributed by atoms with Crippen LogP contribution in [0.5, 0.6) is 0 Å². The summed E-state index contributed by atoms with van der Waals surface area (Å²) < 4.78 is 0. The second-order valence-electron chi connectivity index (χ2n) is 5.93. The molecule has 2 nitrogen and oxygen atoms in total. The summed E-state index contributed by atoms with van der Waals surface area (Å²) in [5.41, 5.74) is 1.10. The van der Waals surface area contributed by atoms with Crippen LogP contribution in [0, 0.1) is 11.8 Å². The van der Waals surface area contributed by atoms with Crippen molar-refractivity contribution in [1.82, 2.24) is 9.88 Å². The van der Waals surface area contributed by atoms with E-state index in [-0.39, 0.29) is 0 Å². The molecule has 1 saturated carbocycles. The van der Waals surface area contributed by atoms with Crippen molar-refractivity contribution in [2.75, 3.05) is 13.1 Å². The van der Waals surface area contributed by atoms with Gasteiger partial charge in [-0.15, -0.1) is 0 Å². The first kappa shape index (κ1) is 13.7. The summed E-state index contributed by atoms with van der Waals surface area (Å²) in [7, 11) is 0. The second kappa shape index (κ2) is 5.99. The van der Waals surface area contributed by atoms with Crippen molar-refractivity contribution in [3.05, 3.63) is 28.0 Å². The lowest BCUT2D eigenvalue weighted by atomic mass is 9.75. The topological polar surface area (TPSA) is 16.1 Å². The normalized spacial score (nSPS) is 28.1. The van der Waals surface area contributed by atoms with E-state index < -0.39 is 0 Å². The molecule has 0 spiro atoms. The molecule has 19 heavy (non-hydrogen) atoms. The molecule has 3 rings (SSSR count). The van der Waals surface area contributed by atoms with E-state index in [1.807, 2.05) is 6.20 Å². The van der Waals surface area contributed by atoms with Crippen molar-refractivity contribution in [2.45, 2.75) is 38.6 Å². The van der Waals surface area contributed by atoms with Gasteiger partial charge in [-0.3, -0.25) is 4.90 Å². The zero-order valence-corrected chi connectivity index (χ0v) is 12.6. The van der Waals surface area contributed by atoms with E-state index in [1.165, 1.54) is 45.2 Å². The first-order valence-corrected chi connectivity index (χ1v) is 8.00. The van der Waals surface area contributed by atoms with Crippen LogP contribution < -0.4 is 0 Å². The third-order valence-electron chi connectivity index (χ3n) is 4.67. The minimum atomic E-state index is 0.472. The van der Waals surface area contributed by atoms with Crippen LogP contribution in [0.25, 0.3) is 0 Å². The zero-order chi connectivity index (χ0) is 13.2. The van der Waals surface area contributed by atoms with Crippen molar-refractivity contribution < 1.29 is 0 Å². The van der Waals surface area contributed by atoms with E-state index in [1.54, 1.807) is 6.07 Å². The van der Waals surface area contributed by atoms with Gasteiger partial charge in [0.15, 0.2) is 0 Å². The van der Waals surface area contributed by atoms with Gasteiger partial charge in [-0.1, -0.05) is 42.5 Å². The van der Waals surface area contributed by atoms with Gasteiger partial charge in [-0.25, -0.2) is 4.98 Å². The highest BCUT2D eigenvalue weighted by molar-refractivity contribution is 6.34. The minimum absolute atomic E-state index is 0.472. The Morgan fingerprint density at radius 2 is 1.95 bits per heavy atom. The highest BCUT2D eigenvalue weighted by Crippen LogP contribution is 2.36. The van der Waals surface area contributed by atoms with Gasteiger partial charge in [0, 0.05) is 29.9 Å². The van der Waals surface area contributed by atoms with E-state index in [0.717, 1.165) is 29.0 Å². The standard InChI is InChI=1S/C15H20Cl2N2/c16-14-7-15(17)18-8-13(14)10-19-6-5-11-3-1-2-4-12(11)9-19/h7-8,11-12H,1-6,9-10H2. The van der Waals surface area contributed by atoms with Crippen LogP contribution in [0.2, 0.25) is 10.2 Å². The molecule has 1 aliphatic carbocycles. The summed E-state index contributed by atoms with van der Waals surface area (Å²) in [5, 5.41) is 1.21. The van der Waals surface area contributed by atoms with Crippen LogP contribution in [0.3, 0.4) is 0 Å². The molecule has 1 saturated heterocycles. The van der Waals surface area contributed by atoms with Gasteiger partial charge in [-0.2, -0.15) is 0 Å². The Bertz CT molecular complexity index is 450. The number of piperidine rings is 1. The molecule has 0 radical (unpaired) electrons. The molecule has 1 aromatic rings. The monoisotopic (exact) mass is 298 g/mol. The molecule has 0 N–H and O–H groups in total. The fourth-order valence-electron chi connectivity index (χ4n) is 3.61. The molecule has 1 aliphatic heterocycles. The van der Waals surface area contributed by atoms with E-state index in [0.29, 0.717) is 5.15 Å². The Labute approximate surface area is 125 Å². The van der Waals surface area contributed by atoms with E-state index >= 15 is 0 Å². The third kappa shape index (κ3) is 3.24. The number of pyridine rings is 1. The summed E-state index contributed by atoms with van der Waals surface area (Å²) in [5.74, 6) is 1.88. The molecule has 0 bridgehead atoms. The molecule has 0 aromatic carbocycles. The van der Waals surface area contributed by atoms with Gasteiger partial charge in [0.05, 0.1) is 0 Å². The smallest absolute Gasteiger partial charge is 0.130 e. The molecule has 2 fully saturated rings. The van der Waals surface area contributed by atoms with E-state index in [4.69, 9.17) is 23.2 Å². The Morgan fingerprint density at radius 3 is 2.74 bits per heavy atom. The van der Waals surface area contributed by atoms with Crippen molar-refractivity contribution in [1.29, 1.82) is 0 Å². The summed E-state index contributed by atoms with van der Waals surface area (Å²) in [6.45, 7) is 3.33. The SMILES string of the molecule is Clc1cc(Cl)c(CN2CCC3CCCCC3C2)cn1. The van der Waals surface area contributed by atoms with Crippen LogP contribution >= 0.6 is 23.2 Å². The van der Waals surface area contributed by atoms with Crippen LogP contribution in [0.4, 0.5) is 0 Å². The number of hydrogen-bond acceptors (Lipinski definition) is 2. The zero-order valence-electron chi connectivity index (χ0n) is 11.1. The quantitative estimate of drug-likeness (QED) is 0.752. The Kier molecular flexibility index (Phi) is 4.30. The van der Waals surface area contributed by atoms with E-state index in [9.17, 15) is 0 Å². The second-order valence-corrected chi connectivity index (χ2v) is 6.72. The van der Waals surface area contributed by atoms with Gasteiger partial charge in [0.1, 0.15) is 5.15 Å². The van der Waals surface area contributed by atoms with Crippen LogP contribution in [0.1, 0.15) is 37.7 Å². The summed E-state index contributed by atoms with van der Waals surface area (Å²) in [6, 6.07) is 1.74. The molecule has 2 atom stereocenters. The number of fused-ring (bicyclic) bond motifs is 1. The summed E-state index contributed by atoms with van der Waals surface area (Å²) in [6.07, 6.45) is 8.88. The van der Waals surface area contributed by atoms with E-state index in [2.05, 4.69) is 9.88 Å². The predicted molar refractivity (Wildman–Crippen MR) is 79.6 cm³/mol. The van der Waals surface area contributed by atoms with Crippen LogP contribution in [-0.2, 0) is 6.54 Å². The predicted octanol–water partition coefficient (Wildman–Crippen LogP) is 4.40. The first-order chi connectivity index (χ1) is 9.22. The molecule has 2 heterocycles. The molecule has 4 heteroatoms. The minimum Gasteiger partial charge on any atom is -0.299 e. The number of likely N-dealkylation sites (tertiary alicyclic amines) is 1. The lowest BCUT2D eigenvalue weighted by molar-refractivity contribution is 0.0820. The molecule has 1 aromatic heterocycles. The first-order valence-electron chi connectivity index (χ1n) is 7.24. The van der Waals surface area contributed by atoms with Gasteiger partial charge in [0.25, 0.3) is 0 Å². The number of rotatable bonds is 2. The number of nitrogens with zero attached hydrogens (tertiary/aromatic N) is 2. The summed E-state index contributed by atoms with van der Waals surface area (Å²) >= 11 is 12.1. The number of halogens is 2. The maximum absolute atomic E-state index is 6.24. The number of aromatic nitrogens is 1. The fourth-order valence-corrected chi connectivity index (χ4v) is 4.04. The highest BCUT2D eigenvalue weighted by Gasteiger charge is 2.31. The average molecular weight is 299 g/mol. The fraction of sp³-hybridized carbons (Fsp3) is 0.667. The lowest BCUT2D eigenvalue weighted by Crippen LogP contribution is -2.41. The maximum Gasteiger partial charge on any atom is 0.130 e. The Morgan fingerprint density at radius 1 is 1.16 bits per heavy atom. The molecule has 104 valence electrons. The Hall–Kier alpha value is -0.310. The van der Waals surface area contributed by atoms with Crippen molar-refractivity contribution in [3.63, 3.8) is 0 Å². The largest absolute Gasteiger partial charge is 0.299 e. The molecular weight excluding hydrogens is 279 g/mol. The molecule has 2 unspecified atom stereocenters. The maximum atomic E-state index is 6.24. The van der Waals surface area contributed by atoms with Crippen molar-refractivity contribution >= 4 is 23.2 Å². The highest BCUT2D eigenvalue weighted by atomic mass is 35.5. The van der Waals surface area contributed by atoms with Gasteiger partial charge in [-0.05, 0) is 37.3 Å². The van der Waals surface area contributed by atoms with Gasteiger partial charge >= 0.3 is 0 Å². The van der Waals surface area contributed by atoms with Crippen LogP contribution in [-0.4, -0.2) is 23.0 Å². The third-order valence-corrected chi connectivity index (χ3v) is 5.22. The molecule has 2 aliphatic rings. The lowest BCUT2D eigenvalue weighted by Gasteiger charge is -2.41. The van der Waals surface area contributed by atoms with Crippen molar-refractivity contribution in [2.24, 2.45) is 11.8 Å². The van der Waals surface area contributed by atoms with Crippen LogP contribution in [0.15, 0.2) is 12.3 Å².